The van der Waals surface area contributed by atoms with Crippen LogP contribution in [-0.2, 0) is 11.2 Å². The van der Waals surface area contributed by atoms with Crippen molar-refractivity contribution < 1.29 is 23.4 Å². The van der Waals surface area contributed by atoms with E-state index in [1.165, 1.54) is 26.4 Å². The fourth-order valence-corrected chi connectivity index (χ4v) is 3.39. The lowest BCUT2D eigenvalue weighted by atomic mass is 10.0. The van der Waals surface area contributed by atoms with E-state index in [1.54, 1.807) is 24.3 Å². The lowest BCUT2D eigenvalue weighted by Crippen LogP contribution is -2.20. The fraction of sp³-hybridized carbons (Fsp3) is 0.304. The number of amides is 1. The highest BCUT2D eigenvalue weighted by molar-refractivity contribution is 6.32. The first-order valence-corrected chi connectivity index (χ1v) is 10.2. The quantitative estimate of drug-likeness (QED) is 0.475. The van der Waals surface area contributed by atoms with Gasteiger partial charge in [-0.3, -0.25) is 4.79 Å². The maximum absolute atomic E-state index is 12.3. The van der Waals surface area contributed by atoms with Crippen molar-refractivity contribution in [1.82, 2.24) is 0 Å². The largest absolute Gasteiger partial charge is 0.493 e. The summed E-state index contributed by atoms with van der Waals surface area (Å²) in [5.41, 5.74) is 1.35. The van der Waals surface area contributed by atoms with Crippen LogP contribution < -0.4 is 25.2 Å². The maximum atomic E-state index is 12.3. The summed E-state index contributed by atoms with van der Waals surface area (Å²) < 4.78 is 21.3. The Morgan fingerprint density at radius 2 is 1.84 bits per heavy atom. The fourth-order valence-electron chi connectivity index (χ4n) is 3.17. The molecule has 1 heterocycles. The van der Waals surface area contributed by atoms with Crippen LogP contribution in [0.5, 0.6) is 17.2 Å². The minimum atomic E-state index is -0.432. The van der Waals surface area contributed by atoms with Crippen molar-refractivity contribution in [2.45, 2.75) is 26.2 Å². The third-order valence-electron chi connectivity index (χ3n) is 4.71. The number of methoxy groups -OCH3 is 2. The summed E-state index contributed by atoms with van der Waals surface area (Å²) in [6.07, 6.45) is 2.71. The Bertz CT molecular complexity index is 1140. The zero-order chi connectivity index (χ0) is 22.4. The molecule has 0 saturated carbocycles. The van der Waals surface area contributed by atoms with Crippen molar-refractivity contribution in [2.24, 2.45) is 0 Å². The molecule has 3 aromatic rings. The molecule has 0 unspecified atom stereocenters. The van der Waals surface area contributed by atoms with E-state index in [1.807, 2.05) is 0 Å². The number of carbonyl (C=O) groups excluding carboxylic acids is 1. The third kappa shape index (κ3) is 5.49. The average Bonchev–Trinajstić information content (AvgIpc) is 2.76. The minimum Gasteiger partial charge on any atom is -0.493 e. The average molecular weight is 446 g/mol. The summed E-state index contributed by atoms with van der Waals surface area (Å²) in [5.74, 6) is 0.918. The van der Waals surface area contributed by atoms with Crippen LogP contribution in [0.4, 0.5) is 5.69 Å². The highest BCUT2D eigenvalue weighted by atomic mass is 35.5. The van der Waals surface area contributed by atoms with Gasteiger partial charge in [0, 0.05) is 29.3 Å². The molecular weight excluding hydrogens is 422 g/mol. The van der Waals surface area contributed by atoms with E-state index in [0.29, 0.717) is 27.8 Å². The van der Waals surface area contributed by atoms with Gasteiger partial charge in [0.25, 0.3) is 5.91 Å². The number of hydrogen-bond acceptors (Lipinski definition) is 6. The number of fused-ring (bicyclic) bond motifs is 1. The smallest absolute Gasteiger partial charge is 0.336 e. The summed E-state index contributed by atoms with van der Waals surface area (Å²) in [6, 6.07) is 9.75. The zero-order valence-corrected chi connectivity index (χ0v) is 18.4. The Morgan fingerprint density at radius 3 is 2.55 bits per heavy atom. The molecule has 3 rings (SSSR count). The van der Waals surface area contributed by atoms with E-state index in [2.05, 4.69) is 12.2 Å². The molecular formula is C23H24ClNO6. The van der Waals surface area contributed by atoms with E-state index in [0.717, 1.165) is 30.2 Å². The van der Waals surface area contributed by atoms with Crippen LogP contribution in [0.2, 0.25) is 5.02 Å². The SMILES string of the molecule is CCCCc1cc(=O)oc2cc(OCC(=O)Nc3ccc(OC)c(OC)c3)c(Cl)cc12. The lowest BCUT2D eigenvalue weighted by molar-refractivity contribution is -0.118. The Morgan fingerprint density at radius 1 is 1.06 bits per heavy atom. The van der Waals surface area contributed by atoms with Gasteiger partial charge in [0.15, 0.2) is 18.1 Å². The number of benzene rings is 2. The first-order valence-electron chi connectivity index (χ1n) is 9.86. The third-order valence-corrected chi connectivity index (χ3v) is 5.00. The van der Waals surface area contributed by atoms with Crippen LogP contribution in [0.25, 0.3) is 11.0 Å². The number of carbonyl (C=O) groups is 1. The normalized spacial score (nSPS) is 10.7. The molecule has 1 aromatic heterocycles. The van der Waals surface area contributed by atoms with Gasteiger partial charge in [-0.2, -0.15) is 0 Å². The molecule has 0 aliphatic carbocycles. The van der Waals surface area contributed by atoms with Gasteiger partial charge in [-0.1, -0.05) is 24.9 Å². The second-order valence-corrected chi connectivity index (χ2v) is 7.29. The van der Waals surface area contributed by atoms with Crippen LogP contribution in [0, 0.1) is 0 Å². The van der Waals surface area contributed by atoms with Crippen LogP contribution in [0.3, 0.4) is 0 Å². The molecule has 0 fully saturated rings. The lowest BCUT2D eigenvalue weighted by Gasteiger charge is -2.12. The molecule has 0 aliphatic heterocycles. The van der Waals surface area contributed by atoms with Crippen molar-refractivity contribution in [3.05, 3.63) is 57.4 Å². The molecule has 0 bridgehead atoms. The Hall–Kier alpha value is -3.19. The van der Waals surface area contributed by atoms with Crippen LogP contribution in [0.15, 0.2) is 45.6 Å². The van der Waals surface area contributed by atoms with Gasteiger partial charge in [0.2, 0.25) is 0 Å². The standard InChI is InChI=1S/C23H24ClNO6/c1-4-5-6-14-9-23(27)31-19-12-20(17(24)11-16(14)19)30-13-22(26)25-15-7-8-18(28-2)21(10-15)29-3/h7-12H,4-6,13H2,1-3H3,(H,25,26). The maximum Gasteiger partial charge on any atom is 0.336 e. The summed E-state index contributed by atoms with van der Waals surface area (Å²) in [7, 11) is 3.05. The zero-order valence-electron chi connectivity index (χ0n) is 17.6. The summed E-state index contributed by atoms with van der Waals surface area (Å²) >= 11 is 6.36. The monoisotopic (exact) mass is 445 g/mol. The molecule has 0 spiro atoms. The Kier molecular flexibility index (Phi) is 7.41. The molecule has 2 aromatic carbocycles. The number of rotatable bonds is 9. The topological polar surface area (TPSA) is 87.0 Å². The number of aryl methyl sites for hydroxylation is 1. The molecule has 164 valence electrons. The predicted molar refractivity (Wildman–Crippen MR) is 120 cm³/mol. The molecule has 7 nitrogen and oxygen atoms in total. The van der Waals surface area contributed by atoms with E-state index in [4.69, 9.17) is 30.2 Å². The van der Waals surface area contributed by atoms with Crippen molar-refractivity contribution in [1.29, 1.82) is 0 Å². The first kappa shape index (κ1) is 22.5. The Balaban J connectivity index is 1.74. The molecule has 0 atom stereocenters. The van der Waals surface area contributed by atoms with E-state index in [9.17, 15) is 9.59 Å². The van der Waals surface area contributed by atoms with Gasteiger partial charge in [-0.25, -0.2) is 4.79 Å². The van der Waals surface area contributed by atoms with E-state index >= 15 is 0 Å². The molecule has 31 heavy (non-hydrogen) atoms. The van der Waals surface area contributed by atoms with Gasteiger partial charge in [0.05, 0.1) is 19.2 Å². The summed E-state index contributed by atoms with van der Waals surface area (Å²) in [6.45, 7) is 1.80. The molecule has 0 aliphatic rings. The van der Waals surface area contributed by atoms with Gasteiger partial charge in [-0.05, 0) is 36.6 Å². The van der Waals surface area contributed by atoms with Crippen molar-refractivity contribution >= 4 is 34.2 Å². The number of unbranched alkanes of at least 4 members (excludes halogenated alkanes) is 1. The second-order valence-electron chi connectivity index (χ2n) is 6.88. The van der Waals surface area contributed by atoms with Crippen molar-refractivity contribution in [3.8, 4) is 17.2 Å². The summed E-state index contributed by atoms with van der Waals surface area (Å²) in [5, 5.41) is 3.82. The van der Waals surface area contributed by atoms with Crippen LogP contribution in [-0.4, -0.2) is 26.7 Å². The highest BCUT2D eigenvalue weighted by Crippen LogP contribution is 2.32. The molecule has 1 amide bonds. The number of hydrogen-bond donors (Lipinski definition) is 1. The number of anilines is 1. The van der Waals surface area contributed by atoms with Crippen LogP contribution in [0.1, 0.15) is 25.3 Å². The summed E-state index contributed by atoms with van der Waals surface area (Å²) in [4.78, 5) is 24.2. The molecule has 0 radical (unpaired) electrons. The van der Waals surface area contributed by atoms with Crippen LogP contribution >= 0.6 is 11.6 Å². The van der Waals surface area contributed by atoms with Crippen molar-refractivity contribution in [3.63, 3.8) is 0 Å². The van der Waals surface area contributed by atoms with Gasteiger partial charge in [-0.15, -0.1) is 0 Å². The number of ether oxygens (including phenoxy) is 3. The highest BCUT2D eigenvalue weighted by Gasteiger charge is 2.13. The molecule has 8 heteroatoms. The molecule has 0 saturated heterocycles. The molecule has 1 N–H and O–H groups in total. The van der Waals surface area contributed by atoms with Gasteiger partial charge >= 0.3 is 5.63 Å². The predicted octanol–water partition coefficient (Wildman–Crippen LogP) is 4.82. The first-order chi connectivity index (χ1) is 14.9. The van der Waals surface area contributed by atoms with E-state index < -0.39 is 5.63 Å². The van der Waals surface area contributed by atoms with Gasteiger partial charge < -0.3 is 23.9 Å². The van der Waals surface area contributed by atoms with Crippen molar-refractivity contribution in [2.75, 3.05) is 26.1 Å². The second kappa shape index (κ2) is 10.2. The van der Waals surface area contributed by atoms with E-state index in [-0.39, 0.29) is 18.3 Å². The number of halogens is 1. The minimum absolute atomic E-state index is 0.257. The van der Waals surface area contributed by atoms with Gasteiger partial charge in [0.1, 0.15) is 11.3 Å². The number of nitrogens with one attached hydrogen (secondary N) is 1. The Labute approximate surface area is 184 Å².